The van der Waals surface area contributed by atoms with Gasteiger partial charge in [0.05, 0.1) is 5.16 Å². The van der Waals surface area contributed by atoms with E-state index in [2.05, 4.69) is 32.3 Å². The van der Waals surface area contributed by atoms with Gasteiger partial charge in [0.25, 0.3) is 0 Å². The van der Waals surface area contributed by atoms with Crippen molar-refractivity contribution in [3.05, 3.63) is 0 Å². The van der Waals surface area contributed by atoms with E-state index in [1.54, 1.807) is 0 Å². The normalized spacial score (nSPS) is 32.9. The first kappa shape index (κ1) is 17.7. The minimum Gasteiger partial charge on any atom is -0.459 e. The number of rotatable bonds is 4. The highest BCUT2D eigenvalue weighted by Gasteiger charge is 2.42. The van der Waals surface area contributed by atoms with E-state index in [1.807, 2.05) is 6.92 Å². The molecule has 0 aliphatic heterocycles. The molecule has 2 aliphatic rings. The third-order valence-electron chi connectivity index (χ3n) is 5.77. The van der Waals surface area contributed by atoms with Crippen molar-refractivity contribution in [3.63, 3.8) is 0 Å². The van der Waals surface area contributed by atoms with Crippen molar-refractivity contribution in [2.45, 2.75) is 76.5 Å². The zero-order valence-corrected chi connectivity index (χ0v) is 16.2. The predicted molar refractivity (Wildman–Crippen MR) is 95.7 cm³/mol. The molecular formula is C17H32O2P2. The monoisotopic (exact) mass is 330 g/mol. The molecule has 2 fully saturated rings. The summed E-state index contributed by atoms with van der Waals surface area (Å²) in [5.74, 6) is 2.25. The van der Waals surface area contributed by atoms with Crippen LogP contribution < -0.4 is 0 Å². The Morgan fingerprint density at radius 3 is 2.33 bits per heavy atom. The Balaban J connectivity index is 1.97. The molecule has 0 aromatic rings. The molecule has 21 heavy (non-hydrogen) atoms. The molecule has 6 atom stereocenters. The molecule has 0 radical (unpaired) electrons. The summed E-state index contributed by atoms with van der Waals surface area (Å²) in [5.41, 5.74) is -0.336. The van der Waals surface area contributed by atoms with Gasteiger partial charge >= 0.3 is 5.97 Å². The third kappa shape index (κ3) is 4.20. The van der Waals surface area contributed by atoms with Crippen LogP contribution in [0.15, 0.2) is 0 Å². The lowest BCUT2D eigenvalue weighted by atomic mass is 9.64. The molecule has 2 aliphatic carbocycles. The van der Waals surface area contributed by atoms with E-state index >= 15 is 0 Å². The van der Waals surface area contributed by atoms with Crippen molar-refractivity contribution < 1.29 is 9.53 Å². The van der Waals surface area contributed by atoms with Gasteiger partial charge in [-0.25, -0.2) is 0 Å². The van der Waals surface area contributed by atoms with E-state index < -0.39 is 5.16 Å². The first-order valence-corrected chi connectivity index (χ1v) is 9.88. The molecule has 0 saturated heterocycles. The van der Waals surface area contributed by atoms with Crippen LogP contribution in [0.1, 0.15) is 65.7 Å². The maximum absolute atomic E-state index is 12.4. The Morgan fingerprint density at radius 1 is 1.10 bits per heavy atom. The minimum atomic E-state index is -0.482. The number of fused-ring (bicyclic) bond motifs is 1. The molecule has 0 spiro atoms. The van der Waals surface area contributed by atoms with Crippen LogP contribution in [-0.4, -0.2) is 22.9 Å². The Morgan fingerprint density at radius 2 is 1.71 bits per heavy atom. The van der Waals surface area contributed by atoms with E-state index in [0.29, 0.717) is 12.1 Å². The van der Waals surface area contributed by atoms with Crippen molar-refractivity contribution in [2.75, 3.05) is 6.16 Å². The molecule has 6 unspecified atom stereocenters. The number of hydrogen-bond acceptors (Lipinski definition) is 2. The fourth-order valence-electron chi connectivity index (χ4n) is 4.03. The molecule has 4 heteroatoms. The number of hydrogen-bond donors (Lipinski definition) is 0. The van der Waals surface area contributed by atoms with Gasteiger partial charge in [0, 0.05) is 0 Å². The molecular weight excluding hydrogens is 298 g/mol. The average Bonchev–Trinajstić information content (AvgIpc) is 2.46. The summed E-state index contributed by atoms with van der Waals surface area (Å²) in [7, 11) is 5.28. The highest BCUT2D eigenvalue weighted by atomic mass is 31.0. The van der Waals surface area contributed by atoms with Gasteiger partial charge in [-0.3, -0.25) is 4.79 Å². The van der Waals surface area contributed by atoms with Crippen LogP contribution in [0.2, 0.25) is 0 Å². The average molecular weight is 330 g/mol. The van der Waals surface area contributed by atoms with E-state index in [1.165, 1.54) is 44.9 Å². The van der Waals surface area contributed by atoms with E-state index in [9.17, 15) is 4.79 Å². The van der Waals surface area contributed by atoms with Crippen LogP contribution in [-0.2, 0) is 9.53 Å². The first-order chi connectivity index (χ1) is 9.76. The Hall–Kier alpha value is 0.330. The predicted octanol–water partition coefficient (Wildman–Crippen LogP) is 4.42. The maximum Gasteiger partial charge on any atom is 0.316 e. The van der Waals surface area contributed by atoms with Gasteiger partial charge in [0.2, 0.25) is 0 Å². The number of esters is 1. The first-order valence-electron chi connectivity index (χ1n) is 8.48. The lowest BCUT2D eigenvalue weighted by molar-refractivity contribution is -0.166. The number of ether oxygens (including phenoxy) is 1. The topological polar surface area (TPSA) is 26.3 Å². The summed E-state index contributed by atoms with van der Waals surface area (Å²) >= 11 is 0. The third-order valence-corrected chi connectivity index (χ3v) is 7.56. The van der Waals surface area contributed by atoms with Crippen LogP contribution in [0.25, 0.3) is 0 Å². The standard InChI is InChI=1S/C17H32O2P2/c1-16(2,19-15(18)17(3,21)11-20)14-9-8-12-6-4-5-7-13(12)10-14/h12-14H,4-11,20-21H2,1-3H3. The van der Waals surface area contributed by atoms with Crippen LogP contribution in [0.4, 0.5) is 0 Å². The van der Waals surface area contributed by atoms with Crippen LogP contribution in [0.5, 0.6) is 0 Å². The maximum atomic E-state index is 12.4. The van der Waals surface area contributed by atoms with E-state index in [-0.39, 0.29) is 11.6 Å². The van der Waals surface area contributed by atoms with Gasteiger partial charge < -0.3 is 4.74 Å². The largest absolute Gasteiger partial charge is 0.459 e. The second-order valence-corrected chi connectivity index (χ2v) is 9.61. The summed E-state index contributed by atoms with van der Waals surface area (Å²) in [6.07, 6.45) is 10.1. The highest BCUT2D eigenvalue weighted by molar-refractivity contribution is 7.25. The molecule has 2 rings (SSSR count). The zero-order chi connectivity index (χ0) is 15.7. The molecule has 0 aromatic heterocycles. The second kappa shape index (κ2) is 6.84. The number of carbonyl (C=O) groups is 1. The van der Waals surface area contributed by atoms with Gasteiger partial charge in [-0.1, -0.05) is 25.7 Å². The zero-order valence-electron chi connectivity index (χ0n) is 13.9. The molecule has 122 valence electrons. The number of carbonyl (C=O) groups excluding carboxylic acids is 1. The summed E-state index contributed by atoms with van der Waals surface area (Å²) < 4.78 is 5.94. The lowest BCUT2D eigenvalue weighted by Gasteiger charge is -2.45. The Labute approximate surface area is 135 Å². The molecule has 0 N–H and O–H groups in total. The molecule has 0 aromatic carbocycles. The van der Waals surface area contributed by atoms with E-state index in [4.69, 9.17) is 4.74 Å². The van der Waals surface area contributed by atoms with Crippen molar-refractivity contribution in [3.8, 4) is 0 Å². The molecule has 0 heterocycles. The van der Waals surface area contributed by atoms with Gasteiger partial charge in [0.15, 0.2) is 0 Å². The summed E-state index contributed by atoms with van der Waals surface area (Å²) in [4.78, 5) is 12.4. The van der Waals surface area contributed by atoms with Crippen LogP contribution >= 0.6 is 18.5 Å². The van der Waals surface area contributed by atoms with E-state index in [0.717, 1.165) is 11.8 Å². The smallest absolute Gasteiger partial charge is 0.316 e. The minimum absolute atomic E-state index is 0.0849. The summed E-state index contributed by atoms with van der Waals surface area (Å²) in [6, 6.07) is 0. The molecule has 0 amide bonds. The van der Waals surface area contributed by atoms with Gasteiger partial charge in [-0.2, -0.15) is 0 Å². The van der Waals surface area contributed by atoms with Crippen molar-refractivity contribution in [1.29, 1.82) is 0 Å². The van der Waals surface area contributed by atoms with Gasteiger partial charge in [-0.15, -0.1) is 18.5 Å². The quantitative estimate of drug-likeness (QED) is 0.563. The molecule has 2 saturated carbocycles. The van der Waals surface area contributed by atoms with Crippen molar-refractivity contribution in [2.24, 2.45) is 17.8 Å². The lowest BCUT2D eigenvalue weighted by Crippen LogP contribution is -2.45. The summed E-state index contributed by atoms with van der Waals surface area (Å²) in [6.45, 7) is 6.16. The fraction of sp³-hybridized carbons (Fsp3) is 0.941. The van der Waals surface area contributed by atoms with Crippen LogP contribution in [0, 0.1) is 17.8 Å². The van der Waals surface area contributed by atoms with Crippen molar-refractivity contribution >= 4 is 24.4 Å². The molecule has 2 nitrogen and oxygen atoms in total. The van der Waals surface area contributed by atoms with Gasteiger partial charge in [0.1, 0.15) is 5.60 Å². The summed E-state index contributed by atoms with van der Waals surface area (Å²) in [5, 5.41) is -0.482. The Kier molecular flexibility index (Phi) is 5.76. The molecule has 0 bridgehead atoms. The fourth-order valence-corrected chi connectivity index (χ4v) is 4.25. The highest BCUT2D eigenvalue weighted by Crippen LogP contribution is 2.46. The second-order valence-electron chi connectivity index (χ2n) is 7.93. The Bertz CT molecular complexity index is 379. The SMILES string of the molecule is CC(P)(CP)C(=O)OC(C)(C)C1CCC2CCCCC2C1. The van der Waals surface area contributed by atoms with Crippen molar-refractivity contribution in [1.82, 2.24) is 0 Å². The van der Waals surface area contributed by atoms with Gasteiger partial charge in [-0.05, 0) is 63.9 Å². The van der Waals surface area contributed by atoms with Crippen LogP contribution in [0.3, 0.4) is 0 Å².